The van der Waals surface area contributed by atoms with Crippen molar-refractivity contribution in [3.05, 3.63) is 34.9 Å². The Morgan fingerprint density at radius 1 is 1.12 bits per heavy atom. The van der Waals surface area contributed by atoms with Crippen LogP contribution in [0.3, 0.4) is 0 Å². The minimum Gasteiger partial charge on any atom is -0.357 e. The normalized spacial score (nSPS) is 19.1. The van der Waals surface area contributed by atoms with Gasteiger partial charge in [-0.1, -0.05) is 29.3 Å². The molecule has 0 aliphatic carbocycles. The third-order valence-corrected chi connectivity index (χ3v) is 4.77. The lowest BCUT2D eigenvalue weighted by molar-refractivity contribution is 0.119. The summed E-state index contributed by atoms with van der Waals surface area (Å²) in [5, 5.41) is 6.84. The summed E-state index contributed by atoms with van der Waals surface area (Å²) in [6, 6.07) is 7.26. The van der Waals surface area contributed by atoms with Crippen molar-refractivity contribution in [2.24, 2.45) is 4.99 Å². The number of hydrogen-bond donors (Lipinski definition) is 2. The number of likely N-dealkylation sites (N-methyl/N-ethyl adjacent to an activating group) is 2. The van der Waals surface area contributed by atoms with Gasteiger partial charge in [0.15, 0.2) is 5.96 Å². The van der Waals surface area contributed by atoms with Crippen LogP contribution in [0.4, 0.5) is 0 Å². The molecular formula is C20H36IN5. The Morgan fingerprint density at radius 2 is 1.81 bits per heavy atom. The summed E-state index contributed by atoms with van der Waals surface area (Å²) in [7, 11) is 4.39. The number of guanidine groups is 1. The number of aliphatic imine (C=N–C) groups is 1. The molecule has 1 aliphatic rings. The molecule has 1 unspecified atom stereocenters. The molecule has 26 heavy (non-hydrogen) atoms. The van der Waals surface area contributed by atoms with E-state index in [1.807, 2.05) is 0 Å². The second-order valence-corrected chi connectivity index (χ2v) is 7.29. The zero-order valence-corrected chi connectivity index (χ0v) is 19.3. The third-order valence-electron chi connectivity index (χ3n) is 4.77. The van der Waals surface area contributed by atoms with E-state index in [1.54, 1.807) is 0 Å². The average molecular weight is 473 g/mol. The van der Waals surface area contributed by atoms with E-state index < -0.39 is 0 Å². The van der Waals surface area contributed by atoms with Crippen LogP contribution in [0.2, 0.25) is 0 Å². The number of benzene rings is 1. The van der Waals surface area contributed by atoms with Crippen molar-refractivity contribution in [2.75, 3.05) is 53.4 Å². The highest BCUT2D eigenvalue weighted by atomic mass is 127. The summed E-state index contributed by atoms with van der Waals surface area (Å²) < 4.78 is 0. The lowest BCUT2D eigenvalue weighted by Crippen LogP contribution is -2.51. The van der Waals surface area contributed by atoms with Gasteiger partial charge in [0.05, 0.1) is 6.54 Å². The Balaban J connectivity index is 0.00000338. The maximum Gasteiger partial charge on any atom is 0.191 e. The second kappa shape index (κ2) is 11.8. The van der Waals surface area contributed by atoms with E-state index in [1.165, 1.54) is 16.7 Å². The van der Waals surface area contributed by atoms with Crippen LogP contribution in [0, 0.1) is 13.8 Å². The number of halogens is 1. The minimum atomic E-state index is 0. The Kier molecular flexibility index (Phi) is 10.5. The molecule has 2 rings (SSSR count). The van der Waals surface area contributed by atoms with Crippen molar-refractivity contribution in [1.82, 2.24) is 20.4 Å². The smallest absolute Gasteiger partial charge is 0.191 e. The molecule has 5 nitrogen and oxygen atoms in total. The predicted octanol–water partition coefficient (Wildman–Crippen LogP) is 2.26. The summed E-state index contributed by atoms with van der Waals surface area (Å²) in [5.41, 5.74) is 4.05. The fourth-order valence-electron chi connectivity index (χ4n) is 3.38. The Hall–Kier alpha value is -0.860. The lowest BCUT2D eigenvalue weighted by Gasteiger charge is -2.36. The zero-order valence-electron chi connectivity index (χ0n) is 17.0. The first kappa shape index (κ1) is 23.2. The summed E-state index contributed by atoms with van der Waals surface area (Å²) in [5.74, 6) is 0.925. The molecule has 0 aromatic heterocycles. The van der Waals surface area contributed by atoms with Gasteiger partial charge in [-0.2, -0.15) is 0 Å². The van der Waals surface area contributed by atoms with Crippen LogP contribution in [0.5, 0.6) is 0 Å². The second-order valence-electron chi connectivity index (χ2n) is 7.29. The van der Waals surface area contributed by atoms with Crippen LogP contribution in [0.25, 0.3) is 0 Å². The van der Waals surface area contributed by atoms with Crippen molar-refractivity contribution in [1.29, 1.82) is 0 Å². The highest BCUT2D eigenvalue weighted by Crippen LogP contribution is 2.09. The van der Waals surface area contributed by atoms with Gasteiger partial charge in [0.2, 0.25) is 0 Å². The summed E-state index contributed by atoms with van der Waals surface area (Å²) >= 11 is 0. The number of hydrogen-bond acceptors (Lipinski definition) is 3. The first-order valence-corrected chi connectivity index (χ1v) is 9.46. The molecule has 0 bridgehead atoms. The average Bonchev–Trinajstić information content (AvgIpc) is 2.54. The fourth-order valence-corrected chi connectivity index (χ4v) is 3.38. The van der Waals surface area contributed by atoms with E-state index in [0.29, 0.717) is 6.04 Å². The molecule has 1 atom stereocenters. The van der Waals surface area contributed by atoms with Gasteiger partial charge < -0.3 is 15.5 Å². The first-order valence-electron chi connectivity index (χ1n) is 9.46. The van der Waals surface area contributed by atoms with E-state index in [4.69, 9.17) is 4.99 Å². The largest absolute Gasteiger partial charge is 0.357 e. The highest BCUT2D eigenvalue weighted by molar-refractivity contribution is 14.0. The number of rotatable bonds is 6. The monoisotopic (exact) mass is 473 g/mol. The van der Waals surface area contributed by atoms with Crippen LogP contribution in [0.15, 0.2) is 23.2 Å². The number of nitrogens with one attached hydrogen (secondary N) is 2. The maximum absolute atomic E-state index is 4.81. The molecule has 0 spiro atoms. The molecule has 1 saturated heterocycles. The fraction of sp³-hybridized carbons (Fsp3) is 0.650. The number of piperazine rings is 1. The number of nitrogens with zero attached hydrogens (tertiary/aromatic N) is 3. The summed E-state index contributed by atoms with van der Waals surface area (Å²) in [6.45, 7) is 12.4. The van der Waals surface area contributed by atoms with Gasteiger partial charge in [-0.25, -0.2) is 0 Å². The Morgan fingerprint density at radius 3 is 2.46 bits per heavy atom. The molecule has 2 N–H and O–H groups in total. The van der Waals surface area contributed by atoms with Crippen molar-refractivity contribution in [3.63, 3.8) is 0 Å². The van der Waals surface area contributed by atoms with Crippen molar-refractivity contribution >= 4 is 29.9 Å². The molecule has 1 aliphatic heterocycles. The van der Waals surface area contributed by atoms with Crippen LogP contribution >= 0.6 is 24.0 Å². The molecule has 1 aromatic rings. The van der Waals surface area contributed by atoms with Gasteiger partial charge in [0.25, 0.3) is 0 Å². The summed E-state index contributed by atoms with van der Waals surface area (Å²) in [6.07, 6.45) is 1.01. The highest BCUT2D eigenvalue weighted by Gasteiger charge is 2.21. The van der Waals surface area contributed by atoms with Crippen molar-refractivity contribution in [3.8, 4) is 0 Å². The summed E-state index contributed by atoms with van der Waals surface area (Å²) in [4.78, 5) is 9.62. The molecule has 6 heteroatoms. The van der Waals surface area contributed by atoms with Gasteiger partial charge in [0, 0.05) is 38.8 Å². The van der Waals surface area contributed by atoms with Gasteiger partial charge >= 0.3 is 0 Å². The lowest BCUT2D eigenvalue weighted by atomic mass is 10.1. The molecule has 0 amide bonds. The van der Waals surface area contributed by atoms with E-state index in [-0.39, 0.29) is 24.0 Å². The van der Waals surface area contributed by atoms with Gasteiger partial charge in [-0.3, -0.25) is 9.89 Å². The molecule has 0 saturated carbocycles. The maximum atomic E-state index is 4.81. The standard InChI is InChI=1S/C20H35N5.HI/c1-6-21-20(23-14-19-15-24(4)9-10-25(19)5)22-8-7-18-12-16(2)11-17(3)13-18;/h11-13,19H,6-10,14-15H2,1-5H3,(H2,21,22,23);1H. The Bertz CT molecular complexity index is 555. The van der Waals surface area contributed by atoms with Crippen LogP contribution < -0.4 is 10.6 Å². The van der Waals surface area contributed by atoms with E-state index in [2.05, 4.69) is 73.5 Å². The third kappa shape index (κ3) is 7.80. The van der Waals surface area contributed by atoms with Crippen LogP contribution in [0.1, 0.15) is 23.6 Å². The predicted molar refractivity (Wildman–Crippen MR) is 123 cm³/mol. The SMILES string of the molecule is CCNC(=NCC1CN(C)CCN1C)NCCc1cc(C)cc(C)c1.I. The van der Waals surface area contributed by atoms with E-state index in [0.717, 1.165) is 51.6 Å². The van der Waals surface area contributed by atoms with Gasteiger partial charge in [0.1, 0.15) is 0 Å². The minimum absolute atomic E-state index is 0. The molecule has 1 heterocycles. The molecule has 148 valence electrons. The van der Waals surface area contributed by atoms with Gasteiger partial charge in [-0.15, -0.1) is 24.0 Å². The van der Waals surface area contributed by atoms with Gasteiger partial charge in [-0.05, 0) is 46.9 Å². The molecular weight excluding hydrogens is 437 g/mol. The quantitative estimate of drug-likeness (QED) is 0.378. The molecule has 0 radical (unpaired) electrons. The number of aryl methyl sites for hydroxylation is 2. The zero-order chi connectivity index (χ0) is 18.2. The van der Waals surface area contributed by atoms with E-state index in [9.17, 15) is 0 Å². The van der Waals surface area contributed by atoms with Crippen molar-refractivity contribution in [2.45, 2.75) is 33.2 Å². The molecule has 1 fully saturated rings. The van der Waals surface area contributed by atoms with Crippen molar-refractivity contribution < 1.29 is 0 Å². The topological polar surface area (TPSA) is 42.9 Å². The molecule has 1 aromatic carbocycles. The van der Waals surface area contributed by atoms with Crippen LogP contribution in [-0.4, -0.2) is 75.2 Å². The van der Waals surface area contributed by atoms with Crippen LogP contribution in [-0.2, 0) is 6.42 Å². The first-order chi connectivity index (χ1) is 12.0. The Labute approximate surface area is 176 Å². The van der Waals surface area contributed by atoms with E-state index >= 15 is 0 Å².